The second kappa shape index (κ2) is 5.39. The normalized spacial score (nSPS) is 10.1. The predicted octanol–water partition coefficient (Wildman–Crippen LogP) is 1.56. The van der Waals surface area contributed by atoms with Gasteiger partial charge in [-0.1, -0.05) is 15.9 Å². The number of hydrogen-bond donors (Lipinski definition) is 1. The van der Waals surface area contributed by atoms with E-state index in [0.29, 0.717) is 4.47 Å². The Bertz CT molecular complexity index is 457. The molecule has 0 saturated heterocycles. The van der Waals surface area contributed by atoms with E-state index in [1.165, 1.54) is 21.9 Å². The topological polar surface area (TPSA) is 60.9 Å². The van der Waals surface area contributed by atoms with Gasteiger partial charge < -0.3 is 14.9 Å². The Hall–Kier alpha value is -1.56. The number of rotatable bonds is 2. The third-order valence-electron chi connectivity index (χ3n) is 2.35. The fourth-order valence-electron chi connectivity index (χ4n) is 1.41. The second-order valence-corrected chi connectivity index (χ2v) is 5.16. The molecule has 18 heavy (non-hydrogen) atoms. The van der Waals surface area contributed by atoms with Gasteiger partial charge in [-0.2, -0.15) is 0 Å². The SMILES string of the molecule is CN(C)C(=O)c1cc(Br)cc(C(=O)N(C)C)c1O. The molecule has 0 aliphatic heterocycles. The summed E-state index contributed by atoms with van der Waals surface area (Å²) in [4.78, 5) is 26.4. The largest absolute Gasteiger partial charge is 0.506 e. The first-order valence-electron chi connectivity index (χ1n) is 5.21. The molecule has 0 aliphatic carbocycles. The van der Waals surface area contributed by atoms with E-state index in [-0.39, 0.29) is 28.7 Å². The molecule has 6 heteroatoms. The minimum Gasteiger partial charge on any atom is -0.506 e. The summed E-state index contributed by atoms with van der Waals surface area (Å²) in [6, 6.07) is 2.98. The maximum absolute atomic E-state index is 11.9. The number of halogens is 1. The van der Waals surface area contributed by atoms with Gasteiger partial charge in [-0.15, -0.1) is 0 Å². The molecule has 1 rings (SSSR count). The molecule has 0 aromatic heterocycles. The van der Waals surface area contributed by atoms with Gasteiger partial charge in [-0.25, -0.2) is 0 Å². The molecule has 0 unspecified atom stereocenters. The molecule has 0 heterocycles. The fraction of sp³-hybridized carbons (Fsp3) is 0.333. The number of aromatic hydroxyl groups is 1. The summed E-state index contributed by atoms with van der Waals surface area (Å²) in [7, 11) is 6.32. The number of nitrogens with zero attached hydrogens (tertiary/aromatic N) is 2. The molecule has 5 nitrogen and oxygen atoms in total. The van der Waals surface area contributed by atoms with Gasteiger partial charge in [-0.05, 0) is 12.1 Å². The summed E-state index contributed by atoms with van der Waals surface area (Å²) >= 11 is 3.23. The van der Waals surface area contributed by atoms with Gasteiger partial charge in [0, 0.05) is 32.7 Å². The molecular weight excluding hydrogens is 300 g/mol. The van der Waals surface area contributed by atoms with Crippen molar-refractivity contribution < 1.29 is 14.7 Å². The number of carbonyl (C=O) groups is 2. The molecular formula is C12H15BrN2O3. The van der Waals surface area contributed by atoms with Crippen LogP contribution in [0.5, 0.6) is 5.75 Å². The van der Waals surface area contributed by atoms with Crippen molar-refractivity contribution in [3.05, 3.63) is 27.7 Å². The Morgan fingerprint density at radius 1 is 1.00 bits per heavy atom. The van der Waals surface area contributed by atoms with Crippen LogP contribution in [0.15, 0.2) is 16.6 Å². The Morgan fingerprint density at radius 3 is 1.61 bits per heavy atom. The number of hydrogen-bond acceptors (Lipinski definition) is 3. The van der Waals surface area contributed by atoms with Crippen LogP contribution in [-0.4, -0.2) is 54.9 Å². The molecule has 0 saturated carbocycles. The molecule has 1 aromatic carbocycles. The van der Waals surface area contributed by atoms with Crippen LogP contribution in [0.2, 0.25) is 0 Å². The maximum atomic E-state index is 11.9. The Morgan fingerprint density at radius 2 is 1.33 bits per heavy atom. The Kier molecular flexibility index (Phi) is 4.34. The van der Waals surface area contributed by atoms with Crippen molar-refractivity contribution in [1.82, 2.24) is 9.80 Å². The molecule has 0 spiro atoms. The van der Waals surface area contributed by atoms with Crippen molar-refractivity contribution in [3.8, 4) is 5.75 Å². The first kappa shape index (κ1) is 14.5. The van der Waals surface area contributed by atoms with Crippen molar-refractivity contribution in [2.45, 2.75) is 0 Å². The first-order valence-corrected chi connectivity index (χ1v) is 6.00. The minimum atomic E-state index is -0.360. The fourth-order valence-corrected chi connectivity index (χ4v) is 1.86. The van der Waals surface area contributed by atoms with Crippen molar-refractivity contribution in [2.24, 2.45) is 0 Å². The highest BCUT2D eigenvalue weighted by Crippen LogP contribution is 2.29. The van der Waals surface area contributed by atoms with E-state index in [1.54, 1.807) is 28.2 Å². The number of phenols is 1. The first-order chi connectivity index (χ1) is 8.25. The smallest absolute Gasteiger partial charge is 0.257 e. The molecule has 0 atom stereocenters. The summed E-state index contributed by atoms with van der Waals surface area (Å²) in [5.41, 5.74) is 0.194. The van der Waals surface area contributed by atoms with Crippen LogP contribution in [0, 0.1) is 0 Å². The van der Waals surface area contributed by atoms with E-state index >= 15 is 0 Å². The van der Waals surface area contributed by atoms with Crippen molar-refractivity contribution in [1.29, 1.82) is 0 Å². The molecule has 1 aromatic rings. The Balaban J connectivity index is 3.40. The van der Waals surface area contributed by atoms with E-state index in [1.807, 2.05) is 0 Å². The van der Waals surface area contributed by atoms with Crippen LogP contribution in [-0.2, 0) is 0 Å². The van der Waals surface area contributed by atoms with Crippen molar-refractivity contribution in [3.63, 3.8) is 0 Å². The number of amides is 2. The average Bonchev–Trinajstić information content (AvgIpc) is 2.29. The maximum Gasteiger partial charge on any atom is 0.257 e. The summed E-state index contributed by atoms with van der Waals surface area (Å²) in [5, 5.41) is 10.0. The standard InChI is InChI=1S/C12H15BrN2O3/c1-14(2)11(17)8-5-7(13)6-9(10(8)16)12(18)15(3)4/h5-6,16H,1-4H3. The average molecular weight is 315 g/mol. The monoisotopic (exact) mass is 314 g/mol. The van der Waals surface area contributed by atoms with Gasteiger partial charge in [0.15, 0.2) is 0 Å². The lowest BCUT2D eigenvalue weighted by Gasteiger charge is -2.16. The van der Waals surface area contributed by atoms with E-state index < -0.39 is 0 Å². The highest BCUT2D eigenvalue weighted by Gasteiger charge is 2.21. The van der Waals surface area contributed by atoms with Crippen LogP contribution < -0.4 is 0 Å². The molecule has 2 amide bonds. The van der Waals surface area contributed by atoms with Crippen LogP contribution in [0.3, 0.4) is 0 Å². The molecule has 0 fully saturated rings. The molecule has 0 aliphatic rings. The lowest BCUT2D eigenvalue weighted by Crippen LogP contribution is -2.25. The summed E-state index contributed by atoms with van der Waals surface area (Å²) < 4.78 is 0.565. The van der Waals surface area contributed by atoms with Crippen LogP contribution >= 0.6 is 15.9 Å². The Labute approximate surface area is 114 Å². The summed E-state index contributed by atoms with van der Waals surface area (Å²) in [6.07, 6.45) is 0. The number of carbonyl (C=O) groups excluding carboxylic acids is 2. The number of phenolic OH excluding ortho intramolecular Hbond substituents is 1. The second-order valence-electron chi connectivity index (χ2n) is 4.25. The zero-order valence-electron chi connectivity index (χ0n) is 10.7. The minimum absolute atomic E-state index is 0.0968. The van der Waals surface area contributed by atoms with Gasteiger partial charge in [-0.3, -0.25) is 9.59 Å². The highest BCUT2D eigenvalue weighted by molar-refractivity contribution is 9.10. The van der Waals surface area contributed by atoms with E-state index in [9.17, 15) is 14.7 Å². The van der Waals surface area contributed by atoms with Crippen molar-refractivity contribution >= 4 is 27.7 Å². The molecule has 0 radical (unpaired) electrons. The zero-order valence-corrected chi connectivity index (χ0v) is 12.3. The van der Waals surface area contributed by atoms with E-state index in [2.05, 4.69) is 15.9 Å². The van der Waals surface area contributed by atoms with Crippen LogP contribution in [0.4, 0.5) is 0 Å². The predicted molar refractivity (Wildman–Crippen MR) is 71.8 cm³/mol. The molecule has 1 N–H and O–H groups in total. The molecule has 0 bridgehead atoms. The lowest BCUT2D eigenvalue weighted by molar-refractivity contribution is 0.0820. The van der Waals surface area contributed by atoms with Crippen LogP contribution in [0.25, 0.3) is 0 Å². The van der Waals surface area contributed by atoms with Gasteiger partial charge in [0.1, 0.15) is 5.75 Å². The van der Waals surface area contributed by atoms with Crippen molar-refractivity contribution in [2.75, 3.05) is 28.2 Å². The number of benzene rings is 1. The quantitative estimate of drug-likeness (QED) is 0.901. The summed E-state index contributed by atoms with van der Waals surface area (Å²) in [5.74, 6) is -1.01. The van der Waals surface area contributed by atoms with E-state index in [0.717, 1.165) is 0 Å². The lowest BCUT2D eigenvalue weighted by atomic mass is 10.1. The van der Waals surface area contributed by atoms with Crippen LogP contribution in [0.1, 0.15) is 20.7 Å². The summed E-state index contributed by atoms with van der Waals surface area (Å²) in [6.45, 7) is 0. The third kappa shape index (κ3) is 2.81. The van der Waals surface area contributed by atoms with Gasteiger partial charge in [0.05, 0.1) is 11.1 Å². The zero-order chi connectivity index (χ0) is 14.0. The molecule has 98 valence electrons. The highest BCUT2D eigenvalue weighted by atomic mass is 79.9. The van der Waals surface area contributed by atoms with Gasteiger partial charge in [0.25, 0.3) is 11.8 Å². The van der Waals surface area contributed by atoms with Gasteiger partial charge >= 0.3 is 0 Å². The third-order valence-corrected chi connectivity index (χ3v) is 2.81. The van der Waals surface area contributed by atoms with E-state index in [4.69, 9.17) is 0 Å². The van der Waals surface area contributed by atoms with Gasteiger partial charge in [0.2, 0.25) is 0 Å².